The van der Waals surface area contributed by atoms with Gasteiger partial charge in [0.15, 0.2) is 0 Å². The summed E-state index contributed by atoms with van der Waals surface area (Å²) >= 11 is 0. The Kier molecular flexibility index (Phi) is 4.87. The van der Waals surface area contributed by atoms with E-state index >= 15 is 0 Å². The third kappa shape index (κ3) is 2.64. The molecular weight excluding hydrogens is 246 g/mol. The van der Waals surface area contributed by atoms with Crippen LogP contribution < -0.4 is 5.32 Å². The molecule has 1 heterocycles. The lowest BCUT2D eigenvalue weighted by Gasteiger charge is -2.33. The van der Waals surface area contributed by atoms with Gasteiger partial charge in [-0.3, -0.25) is 0 Å². The zero-order valence-electron chi connectivity index (χ0n) is 13.9. The van der Waals surface area contributed by atoms with Crippen LogP contribution in [0.5, 0.6) is 0 Å². The van der Waals surface area contributed by atoms with Gasteiger partial charge in [-0.15, -0.1) is 0 Å². The summed E-state index contributed by atoms with van der Waals surface area (Å²) in [5.41, 5.74) is 8.82. The molecule has 0 radical (unpaired) electrons. The Balaban J connectivity index is 2.48. The fraction of sp³-hybridized carbons (Fsp3) is 0.667. The van der Waals surface area contributed by atoms with Crippen molar-refractivity contribution in [3.05, 3.63) is 33.4 Å². The fourth-order valence-corrected chi connectivity index (χ4v) is 3.66. The molecule has 1 aromatic carbocycles. The average Bonchev–Trinajstić information content (AvgIpc) is 2.48. The monoisotopic (exact) mass is 275 g/mol. The van der Waals surface area contributed by atoms with Crippen LogP contribution in [0.2, 0.25) is 0 Å². The maximum atomic E-state index is 5.53. The maximum absolute atomic E-state index is 5.53. The van der Waals surface area contributed by atoms with Gasteiger partial charge in [0.05, 0.1) is 0 Å². The number of hydrogen-bond acceptors (Lipinski definition) is 2. The first-order valence-electron chi connectivity index (χ1n) is 7.80. The van der Waals surface area contributed by atoms with Crippen LogP contribution in [-0.4, -0.2) is 20.3 Å². The predicted molar refractivity (Wildman–Crippen MR) is 85.5 cm³/mol. The van der Waals surface area contributed by atoms with Crippen molar-refractivity contribution >= 4 is 0 Å². The maximum Gasteiger partial charge on any atom is 0.0469 e. The number of benzene rings is 1. The summed E-state index contributed by atoms with van der Waals surface area (Å²) in [6, 6.07) is 0.455. The van der Waals surface area contributed by atoms with Crippen LogP contribution in [0.15, 0.2) is 0 Å². The Hall–Kier alpha value is -0.860. The van der Waals surface area contributed by atoms with E-state index in [1.165, 1.54) is 33.4 Å². The minimum Gasteiger partial charge on any atom is -0.381 e. The number of ether oxygens (including phenoxy) is 1. The van der Waals surface area contributed by atoms with Crippen molar-refractivity contribution < 1.29 is 4.74 Å². The first kappa shape index (κ1) is 15.5. The van der Waals surface area contributed by atoms with E-state index in [1.54, 1.807) is 0 Å². The van der Waals surface area contributed by atoms with Crippen molar-refractivity contribution in [2.24, 2.45) is 5.92 Å². The molecule has 2 heteroatoms. The Labute approximate surface area is 123 Å². The Morgan fingerprint density at radius 3 is 1.75 bits per heavy atom. The molecule has 0 aromatic heterocycles. The molecule has 112 valence electrons. The van der Waals surface area contributed by atoms with Crippen LogP contribution >= 0.6 is 0 Å². The largest absolute Gasteiger partial charge is 0.381 e. The van der Waals surface area contributed by atoms with Crippen LogP contribution in [0.3, 0.4) is 0 Å². The molecule has 2 rings (SSSR count). The zero-order chi connectivity index (χ0) is 14.9. The molecule has 1 aliphatic heterocycles. The summed E-state index contributed by atoms with van der Waals surface area (Å²) in [7, 11) is 2.10. The van der Waals surface area contributed by atoms with Gasteiger partial charge in [-0.25, -0.2) is 0 Å². The number of hydrogen-bond donors (Lipinski definition) is 1. The van der Waals surface area contributed by atoms with Gasteiger partial charge in [-0.2, -0.15) is 0 Å². The second-order valence-electron chi connectivity index (χ2n) is 6.25. The summed E-state index contributed by atoms with van der Waals surface area (Å²) in [6.45, 7) is 13.2. The quantitative estimate of drug-likeness (QED) is 0.903. The van der Waals surface area contributed by atoms with E-state index in [0.717, 1.165) is 26.1 Å². The predicted octanol–water partition coefficient (Wildman–Crippen LogP) is 3.92. The molecule has 1 fully saturated rings. The van der Waals surface area contributed by atoms with Gasteiger partial charge in [0.25, 0.3) is 0 Å². The lowest BCUT2D eigenvalue weighted by atomic mass is 9.79. The van der Waals surface area contributed by atoms with Crippen molar-refractivity contribution in [1.29, 1.82) is 0 Å². The summed E-state index contributed by atoms with van der Waals surface area (Å²) in [6.07, 6.45) is 2.33. The van der Waals surface area contributed by atoms with Crippen LogP contribution in [0.25, 0.3) is 0 Å². The number of nitrogens with one attached hydrogen (secondary N) is 1. The normalized spacial score (nSPS) is 18.3. The van der Waals surface area contributed by atoms with E-state index < -0.39 is 0 Å². The van der Waals surface area contributed by atoms with Gasteiger partial charge in [0.2, 0.25) is 0 Å². The Bertz CT molecular complexity index is 458. The molecular formula is C18H29NO. The first-order chi connectivity index (χ1) is 9.49. The molecule has 1 atom stereocenters. The van der Waals surface area contributed by atoms with Crippen LogP contribution in [0.1, 0.15) is 52.3 Å². The lowest BCUT2D eigenvalue weighted by molar-refractivity contribution is 0.0544. The van der Waals surface area contributed by atoms with E-state index in [2.05, 4.69) is 47.0 Å². The molecule has 0 bridgehead atoms. The van der Waals surface area contributed by atoms with Gasteiger partial charge in [0.1, 0.15) is 0 Å². The average molecular weight is 275 g/mol. The van der Waals surface area contributed by atoms with Crippen molar-refractivity contribution in [1.82, 2.24) is 5.32 Å². The van der Waals surface area contributed by atoms with E-state index in [1.807, 2.05) is 0 Å². The summed E-state index contributed by atoms with van der Waals surface area (Å²) in [5.74, 6) is 0.688. The SMILES string of the molecule is CNC(c1c(C)c(C)c(C)c(C)c1C)C1CCOCC1. The van der Waals surface area contributed by atoms with Crippen molar-refractivity contribution in [3.63, 3.8) is 0 Å². The van der Waals surface area contributed by atoms with Crippen molar-refractivity contribution in [2.45, 2.75) is 53.5 Å². The van der Waals surface area contributed by atoms with Gasteiger partial charge < -0.3 is 10.1 Å². The van der Waals surface area contributed by atoms with Crippen LogP contribution in [0, 0.1) is 40.5 Å². The highest BCUT2D eigenvalue weighted by molar-refractivity contribution is 5.50. The van der Waals surface area contributed by atoms with E-state index in [-0.39, 0.29) is 0 Å². The minimum absolute atomic E-state index is 0.455. The van der Waals surface area contributed by atoms with Gasteiger partial charge >= 0.3 is 0 Å². The fourth-order valence-electron chi connectivity index (χ4n) is 3.66. The smallest absolute Gasteiger partial charge is 0.0469 e. The second-order valence-corrected chi connectivity index (χ2v) is 6.25. The minimum atomic E-state index is 0.455. The summed E-state index contributed by atoms with van der Waals surface area (Å²) in [4.78, 5) is 0. The third-order valence-corrected chi connectivity index (χ3v) is 5.42. The Morgan fingerprint density at radius 1 is 0.850 bits per heavy atom. The van der Waals surface area contributed by atoms with Crippen LogP contribution in [-0.2, 0) is 4.74 Å². The lowest BCUT2D eigenvalue weighted by Crippen LogP contribution is -2.31. The second kappa shape index (κ2) is 6.28. The molecule has 2 nitrogen and oxygen atoms in total. The van der Waals surface area contributed by atoms with E-state index in [9.17, 15) is 0 Å². The highest BCUT2D eigenvalue weighted by Gasteiger charge is 2.28. The molecule has 0 spiro atoms. The molecule has 0 aliphatic carbocycles. The molecule has 1 saturated heterocycles. The van der Waals surface area contributed by atoms with Gasteiger partial charge in [-0.1, -0.05) is 0 Å². The van der Waals surface area contributed by atoms with Gasteiger partial charge in [0, 0.05) is 19.3 Å². The highest BCUT2D eigenvalue weighted by atomic mass is 16.5. The van der Waals surface area contributed by atoms with Crippen molar-refractivity contribution in [3.8, 4) is 0 Å². The standard InChI is InChI=1S/C18H29NO/c1-11-12(2)14(4)17(15(5)13(11)3)18(19-6)16-7-9-20-10-8-16/h16,18-19H,7-10H2,1-6H3. The topological polar surface area (TPSA) is 21.3 Å². The van der Waals surface area contributed by atoms with Crippen molar-refractivity contribution in [2.75, 3.05) is 20.3 Å². The molecule has 20 heavy (non-hydrogen) atoms. The summed E-state index contributed by atoms with van der Waals surface area (Å²) in [5, 5.41) is 3.59. The van der Waals surface area contributed by atoms with E-state index in [0.29, 0.717) is 12.0 Å². The van der Waals surface area contributed by atoms with Gasteiger partial charge in [-0.05, 0) is 93.8 Å². The van der Waals surface area contributed by atoms with Crippen LogP contribution in [0.4, 0.5) is 0 Å². The first-order valence-corrected chi connectivity index (χ1v) is 7.80. The molecule has 0 saturated carbocycles. The third-order valence-electron chi connectivity index (χ3n) is 5.42. The highest BCUT2D eigenvalue weighted by Crippen LogP contribution is 2.36. The molecule has 1 N–H and O–H groups in total. The Morgan fingerprint density at radius 2 is 1.30 bits per heavy atom. The molecule has 1 aromatic rings. The molecule has 0 amide bonds. The van der Waals surface area contributed by atoms with E-state index in [4.69, 9.17) is 4.74 Å². The molecule has 1 unspecified atom stereocenters. The zero-order valence-corrected chi connectivity index (χ0v) is 13.9. The number of rotatable bonds is 3. The summed E-state index contributed by atoms with van der Waals surface area (Å²) < 4.78 is 5.53. The molecule has 1 aliphatic rings.